The van der Waals surface area contributed by atoms with Gasteiger partial charge < -0.3 is 21.5 Å². The van der Waals surface area contributed by atoms with Crippen LogP contribution in [0.3, 0.4) is 0 Å². The summed E-state index contributed by atoms with van der Waals surface area (Å²) in [5, 5.41) is 3.13. The Labute approximate surface area is 201 Å². The first kappa shape index (κ1) is 24.0. The molecule has 2 fully saturated rings. The summed E-state index contributed by atoms with van der Waals surface area (Å²) < 4.78 is 6.30. The molecule has 2 atom stereocenters. The molecule has 1 heterocycles. The lowest BCUT2D eigenvalue weighted by Crippen LogP contribution is -2.63. The van der Waals surface area contributed by atoms with Gasteiger partial charge in [0, 0.05) is 18.0 Å². The summed E-state index contributed by atoms with van der Waals surface area (Å²) in [6.45, 7) is 0.557. The van der Waals surface area contributed by atoms with E-state index in [1.165, 1.54) is 43.0 Å². The van der Waals surface area contributed by atoms with Crippen LogP contribution in [0.15, 0.2) is 42.7 Å². The Morgan fingerprint density at radius 1 is 1.21 bits per heavy atom. The number of nitrogens with one attached hydrogen (secondary N) is 2. The van der Waals surface area contributed by atoms with Crippen molar-refractivity contribution in [2.75, 3.05) is 12.8 Å². The summed E-state index contributed by atoms with van der Waals surface area (Å²) in [5.74, 6) is 0.645. The average molecular weight is 463 g/mol. The van der Waals surface area contributed by atoms with Crippen molar-refractivity contribution in [1.29, 1.82) is 0 Å². The van der Waals surface area contributed by atoms with Crippen LogP contribution >= 0.6 is 0 Å². The van der Waals surface area contributed by atoms with E-state index >= 15 is 0 Å². The van der Waals surface area contributed by atoms with Gasteiger partial charge in [-0.15, -0.1) is 0 Å². The minimum atomic E-state index is -0.239. The largest absolute Gasteiger partial charge is 0.404 e. The molecule has 0 bridgehead atoms. The third kappa shape index (κ3) is 5.65. The van der Waals surface area contributed by atoms with Crippen LogP contribution in [0.25, 0.3) is 5.57 Å². The van der Waals surface area contributed by atoms with Gasteiger partial charge >= 0.3 is 0 Å². The number of ether oxygens (including phenoxy) is 1. The molecule has 34 heavy (non-hydrogen) atoms. The van der Waals surface area contributed by atoms with E-state index in [1.807, 2.05) is 0 Å². The molecule has 0 spiro atoms. The van der Waals surface area contributed by atoms with Crippen molar-refractivity contribution in [3.05, 3.63) is 65.0 Å². The molecule has 0 radical (unpaired) electrons. The number of anilines is 1. The smallest absolute Gasteiger partial charge is 0.255 e. The molecule has 7 heteroatoms. The number of hydrogen-bond acceptors (Lipinski definition) is 5. The van der Waals surface area contributed by atoms with Gasteiger partial charge in [0.2, 0.25) is 0 Å². The molecule has 7 nitrogen and oxygen atoms in total. The number of allylic oxidation sites excluding steroid dienone is 1. The average Bonchev–Trinajstić information content (AvgIpc) is 3.54. The lowest BCUT2D eigenvalue weighted by molar-refractivity contribution is -0.412. The van der Waals surface area contributed by atoms with Crippen molar-refractivity contribution >= 4 is 23.5 Å². The highest BCUT2D eigenvalue weighted by Crippen LogP contribution is 2.34. The molecule has 1 unspecified atom stereocenters. The summed E-state index contributed by atoms with van der Waals surface area (Å²) in [7, 11) is 1.78. The topological polar surface area (TPSA) is 117 Å². The van der Waals surface area contributed by atoms with Gasteiger partial charge in [0.15, 0.2) is 6.21 Å². The quantitative estimate of drug-likeness (QED) is 0.449. The Kier molecular flexibility index (Phi) is 7.95. The molecule has 6 N–H and O–H groups in total. The standard InChI is InChI=1S/C27H35N5O2/c1-30-15-22(14-28)21-13-23(26(29)31-16-21)27(33)32-24-10-5-11-25(24)34-17-18-6-4-9-20(12-18)19-7-2-3-8-19/h4,6,9,12-16,19,24-25H,2-3,5,7-8,10-11,17,28H2,1H3,(H2,29,31)(H,32,33)/p+1/t24-,25?/m0/s1. The van der Waals surface area contributed by atoms with E-state index in [1.54, 1.807) is 25.5 Å². The highest BCUT2D eigenvalue weighted by Gasteiger charge is 2.30. The fraction of sp³-hybridized carbons (Fsp3) is 0.444. The van der Waals surface area contributed by atoms with E-state index in [0.717, 1.165) is 30.4 Å². The SMILES string of the molecule is C[NH+]=CC(=CN)c1cnc(N)c(C(=O)N[C@H]2CCCC2OCc2cccc(C3CCCC3)c2)c1. The Morgan fingerprint density at radius 3 is 2.79 bits per heavy atom. The molecular formula is C27H36N5O2+. The number of hydrogen-bond donors (Lipinski definition) is 4. The zero-order valence-corrected chi connectivity index (χ0v) is 19.9. The Bertz CT molecular complexity index is 1060. The molecule has 180 valence electrons. The summed E-state index contributed by atoms with van der Waals surface area (Å²) in [6.07, 6.45) is 12.9. The second-order valence-corrected chi connectivity index (χ2v) is 9.30. The van der Waals surface area contributed by atoms with Gasteiger partial charge in [0.1, 0.15) is 12.9 Å². The van der Waals surface area contributed by atoms with E-state index in [0.29, 0.717) is 18.1 Å². The number of nitrogens with zero attached hydrogens (tertiary/aromatic N) is 1. The van der Waals surface area contributed by atoms with Crippen LogP contribution in [0.5, 0.6) is 0 Å². The number of amides is 1. The number of carbonyl (C=O) groups is 1. The van der Waals surface area contributed by atoms with Gasteiger partial charge in [-0.05, 0) is 55.2 Å². The van der Waals surface area contributed by atoms with Crippen LogP contribution in [0, 0.1) is 0 Å². The van der Waals surface area contributed by atoms with Crippen LogP contribution in [0.2, 0.25) is 0 Å². The normalized spacial score (nSPS) is 21.4. The molecule has 2 saturated carbocycles. The number of benzene rings is 1. The molecule has 1 aromatic carbocycles. The van der Waals surface area contributed by atoms with Crippen molar-refractivity contribution < 1.29 is 14.5 Å². The second kappa shape index (κ2) is 11.3. The fourth-order valence-corrected chi connectivity index (χ4v) is 5.13. The zero-order valence-electron chi connectivity index (χ0n) is 19.9. The Balaban J connectivity index is 1.39. The predicted molar refractivity (Wildman–Crippen MR) is 135 cm³/mol. The van der Waals surface area contributed by atoms with Gasteiger partial charge in [-0.25, -0.2) is 4.98 Å². The molecule has 2 aromatic rings. The van der Waals surface area contributed by atoms with Crippen LogP contribution in [-0.4, -0.2) is 36.3 Å². The molecule has 4 rings (SSSR count). The van der Waals surface area contributed by atoms with Gasteiger partial charge in [-0.2, -0.15) is 0 Å². The summed E-state index contributed by atoms with van der Waals surface area (Å²) in [6, 6.07) is 10.5. The van der Waals surface area contributed by atoms with Crippen molar-refractivity contribution in [3.8, 4) is 0 Å². The first-order valence-electron chi connectivity index (χ1n) is 12.3. The molecule has 2 aliphatic carbocycles. The molecule has 0 aliphatic heterocycles. The van der Waals surface area contributed by atoms with Crippen LogP contribution in [0.1, 0.15) is 77.9 Å². The number of rotatable bonds is 8. The first-order valence-corrected chi connectivity index (χ1v) is 12.3. The predicted octanol–water partition coefficient (Wildman–Crippen LogP) is 2.27. The fourth-order valence-electron chi connectivity index (χ4n) is 5.13. The molecule has 2 aliphatic rings. The first-order chi connectivity index (χ1) is 16.6. The maximum Gasteiger partial charge on any atom is 0.255 e. The maximum absolute atomic E-state index is 13.1. The second-order valence-electron chi connectivity index (χ2n) is 9.30. The van der Waals surface area contributed by atoms with Crippen molar-refractivity contribution in [3.63, 3.8) is 0 Å². The number of aromatic nitrogens is 1. The van der Waals surface area contributed by atoms with E-state index in [2.05, 4.69) is 39.6 Å². The maximum atomic E-state index is 13.1. The van der Waals surface area contributed by atoms with Gasteiger partial charge in [0.05, 0.1) is 29.9 Å². The molecule has 0 saturated heterocycles. The highest BCUT2D eigenvalue weighted by molar-refractivity contribution is 6.08. The van der Waals surface area contributed by atoms with Gasteiger partial charge in [-0.1, -0.05) is 37.1 Å². The monoisotopic (exact) mass is 462 g/mol. The summed E-state index contributed by atoms with van der Waals surface area (Å²) in [5.41, 5.74) is 16.2. The van der Waals surface area contributed by atoms with Crippen LogP contribution < -0.4 is 21.8 Å². The molecule has 1 aromatic heterocycles. The summed E-state index contributed by atoms with van der Waals surface area (Å²) in [4.78, 5) is 20.2. The molecule has 1 amide bonds. The zero-order chi connectivity index (χ0) is 23.9. The number of pyridine rings is 1. The third-order valence-corrected chi connectivity index (χ3v) is 6.99. The van der Waals surface area contributed by atoms with Gasteiger partial charge in [0.25, 0.3) is 5.91 Å². The van der Waals surface area contributed by atoms with Crippen molar-refractivity contribution in [1.82, 2.24) is 10.3 Å². The molecular weight excluding hydrogens is 426 g/mol. The van der Waals surface area contributed by atoms with E-state index in [9.17, 15) is 4.79 Å². The lowest BCUT2D eigenvalue weighted by Gasteiger charge is -2.22. The number of nitrogens with two attached hydrogens (primary N) is 2. The summed E-state index contributed by atoms with van der Waals surface area (Å²) >= 11 is 0. The minimum Gasteiger partial charge on any atom is -0.404 e. The van der Waals surface area contributed by atoms with Crippen molar-refractivity contribution in [2.45, 2.75) is 69.6 Å². The highest BCUT2D eigenvalue weighted by atomic mass is 16.5. The van der Waals surface area contributed by atoms with E-state index in [-0.39, 0.29) is 23.9 Å². The van der Waals surface area contributed by atoms with Crippen LogP contribution in [0.4, 0.5) is 5.82 Å². The van der Waals surface area contributed by atoms with Crippen molar-refractivity contribution in [2.24, 2.45) is 5.73 Å². The van der Waals surface area contributed by atoms with Gasteiger partial charge in [-0.3, -0.25) is 9.79 Å². The Morgan fingerprint density at radius 2 is 2.03 bits per heavy atom. The number of nitrogen functional groups attached to an aromatic ring is 1. The number of carbonyl (C=O) groups excluding carboxylic acids is 1. The Hall–Kier alpha value is -3.19. The minimum absolute atomic E-state index is 0.0198. The van der Waals surface area contributed by atoms with Crippen LogP contribution in [-0.2, 0) is 11.3 Å². The van der Waals surface area contributed by atoms with E-state index in [4.69, 9.17) is 16.2 Å². The lowest BCUT2D eigenvalue weighted by atomic mass is 9.96. The third-order valence-electron chi connectivity index (χ3n) is 6.99. The van der Waals surface area contributed by atoms with E-state index < -0.39 is 0 Å².